The van der Waals surface area contributed by atoms with E-state index in [0.29, 0.717) is 27.8 Å². The number of anilines is 1. The van der Waals surface area contributed by atoms with Crippen molar-refractivity contribution in [2.24, 2.45) is 7.05 Å². The number of carbonyl (C=O) groups is 1. The lowest BCUT2D eigenvalue weighted by molar-refractivity contribution is -0.141. The van der Waals surface area contributed by atoms with Crippen LogP contribution < -0.4 is 26.0 Å². The molecular weight excluding hydrogens is 409 g/mol. The van der Waals surface area contributed by atoms with Crippen LogP contribution in [0.4, 0.5) is 18.9 Å². The maximum absolute atomic E-state index is 12.9. The Morgan fingerprint density at radius 3 is 2.63 bits per heavy atom. The summed E-state index contributed by atoms with van der Waals surface area (Å²) < 4.78 is 50.5. The lowest BCUT2D eigenvalue weighted by Crippen LogP contribution is -2.42. The molecule has 0 aliphatic carbocycles. The molecule has 0 radical (unpaired) electrons. The number of hydrogen-bond donors (Lipinski definition) is 1. The SMILES string of the molecule is Cn1c(=O)n(CC(=O)Nc2ccc3c(c2)OCO3)c(=O)c2ccc(C(F)(F)F)nc21. The predicted octanol–water partition coefficient (Wildman–Crippen LogP) is 1.48. The Kier molecular flexibility index (Phi) is 4.48. The average Bonchev–Trinajstić information content (AvgIpc) is 3.16. The summed E-state index contributed by atoms with van der Waals surface area (Å²) in [6, 6.07) is 6.23. The van der Waals surface area contributed by atoms with Crippen LogP contribution in [0.3, 0.4) is 0 Å². The number of carbonyl (C=O) groups excluding carboxylic acids is 1. The van der Waals surface area contributed by atoms with E-state index < -0.39 is 41.2 Å². The first-order valence-electron chi connectivity index (χ1n) is 8.52. The van der Waals surface area contributed by atoms with Gasteiger partial charge in [-0.2, -0.15) is 13.2 Å². The highest BCUT2D eigenvalue weighted by Gasteiger charge is 2.33. The van der Waals surface area contributed by atoms with Crippen LogP contribution in [0.2, 0.25) is 0 Å². The van der Waals surface area contributed by atoms with Crippen molar-refractivity contribution < 1.29 is 27.4 Å². The number of halogens is 3. The highest BCUT2D eigenvalue weighted by Crippen LogP contribution is 2.34. The van der Waals surface area contributed by atoms with Gasteiger partial charge < -0.3 is 14.8 Å². The van der Waals surface area contributed by atoms with Crippen LogP contribution in [0.5, 0.6) is 11.5 Å². The molecule has 1 aromatic carbocycles. The molecule has 1 amide bonds. The average molecular weight is 422 g/mol. The fourth-order valence-electron chi connectivity index (χ4n) is 2.99. The largest absolute Gasteiger partial charge is 0.454 e. The van der Waals surface area contributed by atoms with Gasteiger partial charge in [-0.1, -0.05) is 0 Å². The number of aromatic nitrogens is 3. The molecule has 0 bridgehead atoms. The minimum Gasteiger partial charge on any atom is -0.454 e. The molecule has 1 aliphatic rings. The molecular formula is C18H13F3N4O5. The van der Waals surface area contributed by atoms with Crippen LogP contribution in [-0.2, 0) is 24.6 Å². The molecule has 1 aliphatic heterocycles. The quantitative estimate of drug-likeness (QED) is 0.686. The van der Waals surface area contributed by atoms with E-state index in [1.807, 2.05) is 0 Å². The second-order valence-corrected chi connectivity index (χ2v) is 6.41. The maximum Gasteiger partial charge on any atom is 0.433 e. The van der Waals surface area contributed by atoms with Gasteiger partial charge in [-0.15, -0.1) is 0 Å². The van der Waals surface area contributed by atoms with Gasteiger partial charge >= 0.3 is 11.9 Å². The lowest BCUT2D eigenvalue weighted by Gasteiger charge is -2.12. The van der Waals surface area contributed by atoms with E-state index >= 15 is 0 Å². The van der Waals surface area contributed by atoms with Crippen LogP contribution in [0, 0.1) is 0 Å². The molecule has 4 rings (SSSR count). The number of amides is 1. The molecule has 3 aromatic rings. The number of rotatable bonds is 3. The molecule has 1 N–H and O–H groups in total. The van der Waals surface area contributed by atoms with Crippen molar-refractivity contribution in [3.05, 3.63) is 56.9 Å². The number of benzene rings is 1. The molecule has 2 aromatic heterocycles. The van der Waals surface area contributed by atoms with Gasteiger partial charge in [0.15, 0.2) is 11.5 Å². The van der Waals surface area contributed by atoms with Crippen molar-refractivity contribution in [2.45, 2.75) is 12.7 Å². The summed E-state index contributed by atoms with van der Waals surface area (Å²) in [6.07, 6.45) is -4.73. The molecule has 0 saturated heterocycles. The number of hydrogen-bond acceptors (Lipinski definition) is 6. The van der Waals surface area contributed by atoms with Gasteiger partial charge in [0.2, 0.25) is 12.7 Å². The van der Waals surface area contributed by atoms with Crippen LogP contribution in [0.1, 0.15) is 5.69 Å². The molecule has 156 valence electrons. The van der Waals surface area contributed by atoms with Crippen LogP contribution in [0.15, 0.2) is 39.9 Å². The Balaban J connectivity index is 1.66. The fraction of sp³-hybridized carbons (Fsp3) is 0.222. The Morgan fingerprint density at radius 2 is 1.90 bits per heavy atom. The minimum atomic E-state index is -4.73. The number of aryl methyl sites for hydroxylation is 1. The zero-order valence-corrected chi connectivity index (χ0v) is 15.3. The van der Waals surface area contributed by atoms with E-state index in [1.165, 1.54) is 13.1 Å². The summed E-state index contributed by atoms with van der Waals surface area (Å²) in [7, 11) is 1.17. The second kappa shape index (κ2) is 6.90. The van der Waals surface area contributed by atoms with Crippen molar-refractivity contribution >= 4 is 22.6 Å². The standard InChI is InChI=1S/C18H13F3N4O5/c1-24-15-10(3-5-13(23-15)18(19,20)21)16(27)25(17(24)28)7-14(26)22-9-2-4-11-12(6-9)30-8-29-11/h2-6H,7-8H2,1H3,(H,22,26). The minimum absolute atomic E-state index is 0.0549. The first-order valence-corrected chi connectivity index (χ1v) is 8.52. The number of alkyl halides is 3. The van der Waals surface area contributed by atoms with Crippen molar-refractivity contribution in [3.8, 4) is 11.5 Å². The summed E-state index contributed by atoms with van der Waals surface area (Å²) in [5, 5.41) is 2.30. The third-order valence-electron chi connectivity index (χ3n) is 4.43. The third kappa shape index (κ3) is 3.36. The zero-order valence-electron chi connectivity index (χ0n) is 15.3. The summed E-state index contributed by atoms with van der Waals surface area (Å²) in [4.78, 5) is 40.9. The predicted molar refractivity (Wildman–Crippen MR) is 97.4 cm³/mol. The monoisotopic (exact) mass is 422 g/mol. The topological polar surface area (TPSA) is 104 Å². The third-order valence-corrected chi connectivity index (χ3v) is 4.43. The number of fused-ring (bicyclic) bond motifs is 2. The van der Waals surface area contributed by atoms with Crippen molar-refractivity contribution in [1.29, 1.82) is 0 Å². The molecule has 0 atom stereocenters. The normalized spacial score (nSPS) is 12.9. The van der Waals surface area contributed by atoms with Crippen molar-refractivity contribution in [1.82, 2.24) is 14.1 Å². The van der Waals surface area contributed by atoms with Crippen LogP contribution in [-0.4, -0.2) is 26.8 Å². The summed E-state index contributed by atoms with van der Waals surface area (Å²) in [5.74, 6) is 0.253. The van der Waals surface area contributed by atoms with Crippen molar-refractivity contribution in [3.63, 3.8) is 0 Å². The molecule has 0 saturated carbocycles. The molecule has 0 unspecified atom stereocenters. The van der Waals surface area contributed by atoms with Gasteiger partial charge in [-0.3, -0.25) is 18.7 Å². The molecule has 0 spiro atoms. The van der Waals surface area contributed by atoms with E-state index in [9.17, 15) is 27.6 Å². The molecule has 12 heteroatoms. The van der Waals surface area contributed by atoms with Crippen molar-refractivity contribution in [2.75, 3.05) is 12.1 Å². The van der Waals surface area contributed by atoms with Gasteiger partial charge in [0.25, 0.3) is 5.56 Å². The van der Waals surface area contributed by atoms with E-state index in [-0.39, 0.29) is 12.2 Å². The Labute approximate surface area is 165 Å². The van der Waals surface area contributed by atoms with Gasteiger partial charge in [0, 0.05) is 18.8 Å². The summed E-state index contributed by atoms with van der Waals surface area (Å²) in [5.41, 5.74) is -3.20. The second-order valence-electron chi connectivity index (χ2n) is 6.41. The smallest absolute Gasteiger partial charge is 0.433 e. The van der Waals surface area contributed by atoms with E-state index in [0.717, 1.165) is 10.6 Å². The molecule has 9 nitrogen and oxygen atoms in total. The zero-order chi connectivity index (χ0) is 21.6. The Bertz CT molecular complexity index is 1300. The Hall–Kier alpha value is -3.83. The highest BCUT2D eigenvalue weighted by atomic mass is 19.4. The fourth-order valence-corrected chi connectivity index (χ4v) is 2.99. The first-order chi connectivity index (χ1) is 14.1. The van der Waals surface area contributed by atoms with E-state index in [1.54, 1.807) is 12.1 Å². The van der Waals surface area contributed by atoms with Crippen LogP contribution in [0.25, 0.3) is 11.0 Å². The Morgan fingerprint density at radius 1 is 1.17 bits per heavy atom. The van der Waals surface area contributed by atoms with Gasteiger partial charge in [0.1, 0.15) is 17.9 Å². The first kappa shape index (κ1) is 19.5. The number of nitrogens with zero attached hydrogens (tertiary/aromatic N) is 3. The maximum atomic E-state index is 12.9. The molecule has 30 heavy (non-hydrogen) atoms. The lowest BCUT2D eigenvalue weighted by atomic mass is 10.2. The van der Waals surface area contributed by atoms with Gasteiger partial charge in [-0.05, 0) is 24.3 Å². The van der Waals surface area contributed by atoms with E-state index in [2.05, 4.69) is 10.3 Å². The summed E-state index contributed by atoms with van der Waals surface area (Å²) >= 11 is 0. The highest BCUT2D eigenvalue weighted by molar-refractivity contribution is 5.91. The number of pyridine rings is 1. The number of ether oxygens (including phenoxy) is 2. The van der Waals surface area contributed by atoms with Crippen LogP contribution >= 0.6 is 0 Å². The molecule has 0 fully saturated rings. The summed E-state index contributed by atoms with van der Waals surface area (Å²) in [6.45, 7) is -0.587. The molecule has 3 heterocycles. The van der Waals surface area contributed by atoms with Gasteiger partial charge in [-0.25, -0.2) is 9.78 Å². The van der Waals surface area contributed by atoms with Gasteiger partial charge in [0.05, 0.1) is 5.39 Å². The number of nitrogens with one attached hydrogen (secondary N) is 1. The van der Waals surface area contributed by atoms with E-state index in [4.69, 9.17) is 9.47 Å².